The zero-order valence-electron chi connectivity index (χ0n) is 16.4. The summed E-state index contributed by atoms with van der Waals surface area (Å²) >= 11 is 0. The first-order valence-corrected chi connectivity index (χ1v) is 9.52. The fourth-order valence-corrected chi connectivity index (χ4v) is 2.62. The fourth-order valence-electron chi connectivity index (χ4n) is 2.62. The summed E-state index contributed by atoms with van der Waals surface area (Å²) in [6.07, 6.45) is 1.70. The first-order valence-electron chi connectivity index (χ1n) is 9.52. The van der Waals surface area contributed by atoms with Gasteiger partial charge in [0, 0.05) is 31.0 Å². The van der Waals surface area contributed by atoms with Gasteiger partial charge in [0.2, 0.25) is 5.88 Å². The van der Waals surface area contributed by atoms with Crippen LogP contribution in [0.3, 0.4) is 0 Å². The summed E-state index contributed by atoms with van der Waals surface area (Å²) in [5.41, 5.74) is 2.97. The predicted molar refractivity (Wildman–Crippen MR) is 113 cm³/mol. The molecular formula is C23H25N3O3. The van der Waals surface area contributed by atoms with E-state index in [0.717, 1.165) is 16.8 Å². The lowest BCUT2D eigenvalue weighted by atomic mass is 10.2. The van der Waals surface area contributed by atoms with Crippen LogP contribution >= 0.6 is 0 Å². The molecule has 0 radical (unpaired) electrons. The summed E-state index contributed by atoms with van der Waals surface area (Å²) in [6, 6.07) is 20.9. The molecule has 0 aliphatic carbocycles. The molecule has 0 spiro atoms. The topological polar surface area (TPSA) is 72.5 Å². The number of aryl methyl sites for hydroxylation is 1. The normalized spacial score (nSPS) is 10.4. The van der Waals surface area contributed by atoms with Gasteiger partial charge < -0.3 is 20.1 Å². The highest BCUT2D eigenvalue weighted by Gasteiger charge is 2.04. The van der Waals surface area contributed by atoms with E-state index in [2.05, 4.69) is 15.6 Å². The monoisotopic (exact) mass is 391 g/mol. The minimum Gasteiger partial charge on any atom is -0.484 e. The molecule has 0 aliphatic rings. The maximum Gasteiger partial charge on any atom is 0.262 e. The van der Waals surface area contributed by atoms with Crippen LogP contribution in [0.5, 0.6) is 11.6 Å². The van der Waals surface area contributed by atoms with Gasteiger partial charge in [0.15, 0.2) is 6.61 Å². The number of amides is 1. The van der Waals surface area contributed by atoms with Gasteiger partial charge in [-0.2, -0.15) is 0 Å². The van der Waals surface area contributed by atoms with E-state index < -0.39 is 0 Å². The number of hydrogen-bond donors (Lipinski definition) is 2. The highest BCUT2D eigenvalue weighted by Crippen LogP contribution is 2.14. The molecule has 0 unspecified atom stereocenters. The van der Waals surface area contributed by atoms with Crippen molar-refractivity contribution in [3.8, 4) is 11.6 Å². The van der Waals surface area contributed by atoms with E-state index in [1.165, 1.54) is 0 Å². The molecule has 6 heteroatoms. The number of aromatic nitrogens is 1. The first kappa shape index (κ1) is 20.4. The third kappa shape index (κ3) is 7.27. The summed E-state index contributed by atoms with van der Waals surface area (Å²) in [5, 5.41) is 6.13. The molecular weight excluding hydrogens is 366 g/mol. The summed E-state index contributed by atoms with van der Waals surface area (Å²) in [6.45, 7) is 3.87. The average molecular weight is 391 g/mol. The molecule has 3 aromatic rings. The summed E-state index contributed by atoms with van der Waals surface area (Å²) < 4.78 is 11.2. The van der Waals surface area contributed by atoms with Crippen LogP contribution in [0.25, 0.3) is 0 Å². The number of benzene rings is 2. The smallest absolute Gasteiger partial charge is 0.262 e. The maximum atomic E-state index is 12.0. The van der Waals surface area contributed by atoms with Gasteiger partial charge in [-0.25, -0.2) is 4.98 Å². The third-order valence-electron chi connectivity index (χ3n) is 4.10. The van der Waals surface area contributed by atoms with Crippen molar-refractivity contribution in [2.24, 2.45) is 0 Å². The number of nitrogens with one attached hydrogen (secondary N) is 2. The Labute approximate surface area is 170 Å². The van der Waals surface area contributed by atoms with Gasteiger partial charge in [-0.1, -0.05) is 35.9 Å². The summed E-state index contributed by atoms with van der Waals surface area (Å²) in [5.74, 6) is 1.09. The van der Waals surface area contributed by atoms with Gasteiger partial charge in [-0.05, 0) is 42.8 Å². The van der Waals surface area contributed by atoms with Gasteiger partial charge in [0.05, 0.1) is 0 Å². The van der Waals surface area contributed by atoms with Crippen LogP contribution in [-0.2, 0) is 11.3 Å². The van der Waals surface area contributed by atoms with E-state index in [4.69, 9.17) is 9.47 Å². The number of carbonyl (C=O) groups excluding carboxylic acids is 1. The second kappa shape index (κ2) is 10.8. The van der Waals surface area contributed by atoms with Gasteiger partial charge in [-0.15, -0.1) is 0 Å². The minimum absolute atomic E-state index is 0.0390. The molecule has 1 aromatic heterocycles. The number of carbonyl (C=O) groups is 1. The minimum atomic E-state index is -0.191. The van der Waals surface area contributed by atoms with Crippen LogP contribution < -0.4 is 20.1 Å². The van der Waals surface area contributed by atoms with Gasteiger partial charge in [0.1, 0.15) is 12.4 Å². The van der Waals surface area contributed by atoms with Crippen molar-refractivity contribution in [1.82, 2.24) is 10.3 Å². The van der Waals surface area contributed by atoms with Crippen LogP contribution in [-0.4, -0.2) is 30.6 Å². The third-order valence-corrected chi connectivity index (χ3v) is 4.10. The number of anilines is 1. The lowest BCUT2D eigenvalue weighted by Crippen LogP contribution is -2.21. The van der Waals surface area contributed by atoms with Crippen molar-refractivity contribution in [2.75, 3.05) is 25.1 Å². The molecule has 1 amide bonds. The standard InChI is InChI=1S/C23H25N3O3/c1-18-8-10-20(11-9-18)26-22(27)17-29-21-6-4-5-19(15-21)16-24-13-14-28-23-7-2-3-12-25-23/h2-12,15,24H,13-14,16-17H2,1H3,(H,26,27). The van der Waals surface area contributed by atoms with Crippen molar-refractivity contribution in [3.63, 3.8) is 0 Å². The quantitative estimate of drug-likeness (QED) is 0.517. The summed E-state index contributed by atoms with van der Waals surface area (Å²) in [4.78, 5) is 16.2. The molecule has 2 N–H and O–H groups in total. The van der Waals surface area contributed by atoms with E-state index in [1.807, 2.05) is 73.7 Å². The Hall–Kier alpha value is -3.38. The Morgan fingerprint density at radius 2 is 1.86 bits per heavy atom. The van der Waals surface area contributed by atoms with Crippen molar-refractivity contribution < 1.29 is 14.3 Å². The Morgan fingerprint density at radius 1 is 1.00 bits per heavy atom. The van der Waals surface area contributed by atoms with Crippen LogP contribution in [0.2, 0.25) is 0 Å². The first-order chi connectivity index (χ1) is 14.2. The average Bonchev–Trinajstić information content (AvgIpc) is 2.75. The van der Waals surface area contributed by atoms with E-state index in [0.29, 0.717) is 31.3 Å². The van der Waals surface area contributed by atoms with Gasteiger partial charge in [0.25, 0.3) is 5.91 Å². The molecule has 0 saturated heterocycles. The number of ether oxygens (including phenoxy) is 2. The largest absolute Gasteiger partial charge is 0.484 e. The molecule has 150 valence electrons. The van der Waals surface area contributed by atoms with Crippen molar-refractivity contribution in [2.45, 2.75) is 13.5 Å². The number of rotatable bonds is 10. The maximum absolute atomic E-state index is 12.0. The number of hydrogen-bond acceptors (Lipinski definition) is 5. The molecule has 2 aromatic carbocycles. The van der Waals surface area contributed by atoms with Crippen LogP contribution in [0, 0.1) is 6.92 Å². The SMILES string of the molecule is Cc1ccc(NC(=O)COc2cccc(CNCCOc3ccccn3)c2)cc1. The molecule has 6 nitrogen and oxygen atoms in total. The Morgan fingerprint density at radius 3 is 2.66 bits per heavy atom. The van der Waals surface area contributed by atoms with Gasteiger partial charge >= 0.3 is 0 Å². The van der Waals surface area contributed by atoms with Crippen LogP contribution in [0.4, 0.5) is 5.69 Å². The molecule has 1 heterocycles. The van der Waals surface area contributed by atoms with E-state index in [-0.39, 0.29) is 12.5 Å². The Bertz CT molecular complexity index is 899. The number of nitrogens with zero attached hydrogens (tertiary/aromatic N) is 1. The van der Waals surface area contributed by atoms with Gasteiger partial charge in [-0.3, -0.25) is 4.79 Å². The fraction of sp³-hybridized carbons (Fsp3) is 0.217. The zero-order valence-corrected chi connectivity index (χ0v) is 16.4. The van der Waals surface area contributed by atoms with E-state index in [9.17, 15) is 4.79 Å². The van der Waals surface area contributed by atoms with Crippen molar-refractivity contribution >= 4 is 11.6 Å². The lowest BCUT2D eigenvalue weighted by Gasteiger charge is -2.10. The highest BCUT2D eigenvalue weighted by molar-refractivity contribution is 5.91. The Balaban J connectivity index is 1.37. The van der Waals surface area contributed by atoms with E-state index in [1.54, 1.807) is 6.20 Å². The number of pyridine rings is 1. The molecule has 3 rings (SSSR count). The molecule has 0 saturated carbocycles. The molecule has 0 aliphatic heterocycles. The Kier molecular flexibility index (Phi) is 7.60. The molecule has 29 heavy (non-hydrogen) atoms. The highest BCUT2D eigenvalue weighted by atomic mass is 16.5. The van der Waals surface area contributed by atoms with E-state index >= 15 is 0 Å². The van der Waals surface area contributed by atoms with Crippen molar-refractivity contribution in [1.29, 1.82) is 0 Å². The predicted octanol–water partition coefficient (Wildman–Crippen LogP) is 3.58. The molecule has 0 atom stereocenters. The van der Waals surface area contributed by atoms with Crippen molar-refractivity contribution in [3.05, 3.63) is 84.1 Å². The lowest BCUT2D eigenvalue weighted by molar-refractivity contribution is -0.118. The second-order valence-electron chi connectivity index (χ2n) is 6.54. The molecule has 0 fully saturated rings. The molecule has 0 bridgehead atoms. The van der Waals surface area contributed by atoms with Crippen LogP contribution in [0.15, 0.2) is 72.9 Å². The second-order valence-corrected chi connectivity index (χ2v) is 6.54. The zero-order chi connectivity index (χ0) is 20.3. The summed E-state index contributed by atoms with van der Waals surface area (Å²) in [7, 11) is 0. The van der Waals surface area contributed by atoms with Crippen LogP contribution in [0.1, 0.15) is 11.1 Å².